The number of amides is 1. The maximum Gasteiger partial charge on any atom is 0.390 e. The Balaban J connectivity index is 1.62. The van der Waals surface area contributed by atoms with Crippen LogP contribution < -0.4 is 0 Å². The van der Waals surface area contributed by atoms with E-state index in [0.717, 1.165) is 25.2 Å². The van der Waals surface area contributed by atoms with Gasteiger partial charge in [0.25, 0.3) is 0 Å². The molecule has 1 amide bonds. The maximum atomic E-state index is 13.0. The van der Waals surface area contributed by atoms with Gasteiger partial charge < -0.3 is 15.0 Å². The first-order chi connectivity index (χ1) is 12.9. The Hall–Kier alpha value is -2.75. The first-order valence-electron chi connectivity index (χ1n) is 9.08. The summed E-state index contributed by atoms with van der Waals surface area (Å²) >= 11 is 0. The zero-order chi connectivity index (χ0) is 19.6. The number of piperazine rings is 1. The molecule has 2 aromatic rings. The van der Waals surface area contributed by atoms with Crippen LogP contribution in [0.5, 0.6) is 0 Å². The molecule has 1 aliphatic heterocycles. The van der Waals surface area contributed by atoms with Crippen molar-refractivity contribution in [2.75, 3.05) is 26.2 Å². The van der Waals surface area contributed by atoms with E-state index in [0.29, 0.717) is 25.2 Å². The molecule has 0 spiro atoms. The van der Waals surface area contributed by atoms with Gasteiger partial charge in [-0.25, -0.2) is 0 Å². The molecule has 2 aromatic heterocycles. The first-order valence-corrected chi connectivity index (χ1v) is 9.08. The summed E-state index contributed by atoms with van der Waals surface area (Å²) in [6, 6.07) is 0.894. The van der Waals surface area contributed by atoms with Crippen LogP contribution in [0.25, 0.3) is 0 Å². The third kappa shape index (κ3) is 4.16. The SMILES string of the molecule is CCC(C(=O)N1CCN(Cc2cnn(C)c2)CC1)n1nc([N+](=O)[O-])cc1C. The fourth-order valence-corrected chi connectivity index (χ4v) is 3.48. The first kappa shape index (κ1) is 19.0. The molecule has 3 heterocycles. The highest BCUT2D eigenvalue weighted by Gasteiger charge is 2.32. The summed E-state index contributed by atoms with van der Waals surface area (Å²) in [5.41, 5.74) is 1.78. The Morgan fingerprint density at radius 3 is 2.56 bits per heavy atom. The number of nitrogens with zero attached hydrogens (tertiary/aromatic N) is 7. The van der Waals surface area contributed by atoms with Crippen molar-refractivity contribution in [1.82, 2.24) is 29.4 Å². The number of carbonyl (C=O) groups excluding carboxylic acids is 1. The predicted molar refractivity (Wildman–Crippen MR) is 98.0 cm³/mol. The molecular weight excluding hydrogens is 350 g/mol. The van der Waals surface area contributed by atoms with Gasteiger partial charge in [0.1, 0.15) is 0 Å². The number of aryl methyl sites for hydroxylation is 2. The molecule has 3 rings (SSSR count). The molecule has 0 N–H and O–H groups in total. The highest BCUT2D eigenvalue weighted by Crippen LogP contribution is 2.21. The standard InChI is InChI=1S/C17H25N7O3/c1-4-15(23-13(2)9-16(19-23)24(26)27)17(25)22-7-5-21(6-8-22)12-14-10-18-20(3)11-14/h9-11,15H,4-8,12H2,1-3H3. The van der Waals surface area contributed by atoms with Crippen molar-refractivity contribution >= 4 is 11.7 Å². The molecule has 1 aliphatic rings. The Morgan fingerprint density at radius 2 is 2.04 bits per heavy atom. The van der Waals surface area contributed by atoms with E-state index in [-0.39, 0.29) is 11.7 Å². The molecular formula is C17H25N7O3. The molecule has 0 saturated carbocycles. The van der Waals surface area contributed by atoms with Gasteiger partial charge in [-0.3, -0.25) is 14.4 Å². The Labute approximate surface area is 157 Å². The van der Waals surface area contributed by atoms with Crippen molar-refractivity contribution in [3.63, 3.8) is 0 Å². The summed E-state index contributed by atoms with van der Waals surface area (Å²) in [5.74, 6) is -0.250. The minimum atomic E-state index is -0.530. The molecule has 146 valence electrons. The highest BCUT2D eigenvalue weighted by atomic mass is 16.6. The van der Waals surface area contributed by atoms with Crippen LogP contribution in [0.1, 0.15) is 30.6 Å². The number of hydrogen-bond donors (Lipinski definition) is 0. The number of carbonyl (C=O) groups is 1. The summed E-state index contributed by atoms with van der Waals surface area (Å²) in [6.45, 7) is 7.30. The maximum absolute atomic E-state index is 13.0. The summed E-state index contributed by atoms with van der Waals surface area (Å²) in [7, 11) is 1.90. The van der Waals surface area contributed by atoms with Crippen LogP contribution in [0.2, 0.25) is 0 Å². The van der Waals surface area contributed by atoms with Crippen LogP contribution in [0, 0.1) is 17.0 Å². The average Bonchev–Trinajstić information content (AvgIpc) is 3.22. The van der Waals surface area contributed by atoms with E-state index >= 15 is 0 Å². The van der Waals surface area contributed by atoms with Crippen LogP contribution >= 0.6 is 0 Å². The molecule has 10 nitrogen and oxygen atoms in total. The van der Waals surface area contributed by atoms with E-state index < -0.39 is 11.0 Å². The third-order valence-electron chi connectivity index (χ3n) is 4.91. The minimum Gasteiger partial charge on any atom is -0.358 e. The number of nitro groups is 1. The summed E-state index contributed by atoms with van der Waals surface area (Å²) in [6.07, 6.45) is 4.39. The van der Waals surface area contributed by atoms with Crippen molar-refractivity contribution in [3.8, 4) is 0 Å². The quantitative estimate of drug-likeness (QED) is 0.554. The Bertz CT molecular complexity index is 820. The van der Waals surface area contributed by atoms with E-state index in [4.69, 9.17) is 0 Å². The molecule has 0 aromatic carbocycles. The Morgan fingerprint density at radius 1 is 1.33 bits per heavy atom. The van der Waals surface area contributed by atoms with E-state index in [1.807, 2.05) is 31.3 Å². The fourth-order valence-electron chi connectivity index (χ4n) is 3.48. The second-order valence-electron chi connectivity index (χ2n) is 6.89. The highest BCUT2D eigenvalue weighted by molar-refractivity contribution is 5.80. The lowest BCUT2D eigenvalue weighted by Crippen LogP contribution is -2.50. The van der Waals surface area contributed by atoms with Crippen molar-refractivity contribution in [3.05, 3.63) is 39.8 Å². The summed E-state index contributed by atoms with van der Waals surface area (Å²) in [5, 5.41) is 19.2. The van der Waals surface area contributed by atoms with Crippen LogP contribution in [0.15, 0.2) is 18.5 Å². The van der Waals surface area contributed by atoms with E-state index in [1.165, 1.54) is 10.7 Å². The third-order valence-corrected chi connectivity index (χ3v) is 4.91. The number of hydrogen-bond acceptors (Lipinski definition) is 6. The van der Waals surface area contributed by atoms with Crippen LogP contribution in [0.4, 0.5) is 5.82 Å². The fraction of sp³-hybridized carbons (Fsp3) is 0.588. The monoisotopic (exact) mass is 375 g/mol. The smallest absolute Gasteiger partial charge is 0.358 e. The van der Waals surface area contributed by atoms with E-state index in [1.54, 1.807) is 11.6 Å². The zero-order valence-corrected chi connectivity index (χ0v) is 15.9. The van der Waals surface area contributed by atoms with Crippen molar-refractivity contribution in [1.29, 1.82) is 0 Å². The molecule has 0 bridgehead atoms. The van der Waals surface area contributed by atoms with Crippen molar-refractivity contribution in [2.45, 2.75) is 32.9 Å². The largest absolute Gasteiger partial charge is 0.390 e. The van der Waals surface area contributed by atoms with Gasteiger partial charge in [-0.2, -0.15) is 9.78 Å². The second-order valence-corrected chi connectivity index (χ2v) is 6.89. The van der Waals surface area contributed by atoms with Crippen LogP contribution in [-0.4, -0.2) is 66.4 Å². The average molecular weight is 375 g/mol. The number of aromatic nitrogens is 4. The molecule has 27 heavy (non-hydrogen) atoms. The minimum absolute atomic E-state index is 0.0281. The predicted octanol–water partition coefficient (Wildman–Crippen LogP) is 1.13. The molecule has 0 aliphatic carbocycles. The molecule has 1 saturated heterocycles. The second kappa shape index (κ2) is 7.87. The van der Waals surface area contributed by atoms with Gasteiger partial charge in [-0.05, 0) is 18.3 Å². The molecule has 10 heteroatoms. The van der Waals surface area contributed by atoms with Crippen LogP contribution in [-0.2, 0) is 18.4 Å². The lowest BCUT2D eigenvalue weighted by atomic mass is 10.1. The van der Waals surface area contributed by atoms with Crippen molar-refractivity contribution in [2.24, 2.45) is 7.05 Å². The molecule has 1 unspecified atom stereocenters. The normalized spacial score (nSPS) is 16.5. The van der Waals surface area contributed by atoms with Crippen molar-refractivity contribution < 1.29 is 9.72 Å². The van der Waals surface area contributed by atoms with Gasteiger partial charge in [0.2, 0.25) is 5.91 Å². The zero-order valence-electron chi connectivity index (χ0n) is 15.9. The topological polar surface area (TPSA) is 102 Å². The summed E-state index contributed by atoms with van der Waals surface area (Å²) < 4.78 is 3.27. The lowest BCUT2D eigenvalue weighted by Gasteiger charge is -2.35. The number of rotatable bonds is 6. The van der Waals surface area contributed by atoms with Gasteiger partial charge in [0, 0.05) is 51.5 Å². The van der Waals surface area contributed by atoms with Crippen LogP contribution in [0.3, 0.4) is 0 Å². The van der Waals surface area contributed by atoms with Gasteiger partial charge in [0.15, 0.2) is 6.04 Å². The summed E-state index contributed by atoms with van der Waals surface area (Å²) in [4.78, 5) is 27.6. The van der Waals surface area contributed by atoms with Gasteiger partial charge in [-0.1, -0.05) is 6.92 Å². The molecule has 1 fully saturated rings. The molecule has 1 atom stereocenters. The van der Waals surface area contributed by atoms with Gasteiger partial charge in [-0.15, -0.1) is 0 Å². The van der Waals surface area contributed by atoms with E-state index in [9.17, 15) is 14.9 Å². The molecule has 0 radical (unpaired) electrons. The lowest BCUT2D eigenvalue weighted by molar-refractivity contribution is -0.389. The Kier molecular flexibility index (Phi) is 5.54. The van der Waals surface area contributed by atoms with Gasteiger partial charge in [0.05, 0.1) is 23.1 Å². The van der Waals surface area contributed by atoms with E-state index in [2.05, 4.69) is 15.1 Å². The van der Waals surface area contributed by atoms with Gasteiger partial charge >= 0.3 is 5.82 Å².